The van der Waals surface area contributed by atoms with Crippen LogP contribution in [0.1, 0.15) is 33.1 Å². The molecule has 17 heavy (non-hydrogen) atoms. The maximum atomic E-state index is 11.1. The van der Waals surface area contributed by atoms with Gasteiger partial charge in [-0.05, 0) is 19.8 Å². The molecule has 0 aliphatic rings. The van der Waals surface area contributed by atoms with Crippen molar-refractivity contribution < 1.29 is 126 Å². The molecule has 1 amide bonds. The summed E-state index contributed by atoms with van der Waals surface area (Å²) in [5.41, 5.74) is 0. The summed E-state index contributed by atoms with van der Waals surface area (Å²) >= 11 is 0. The summed E-state index contributed by atoms with van der Waals surface area (Å²) in [5.74, 6) is -0.167. The van der Waals surface area contributed by atoms with Crippen LogP contribution in [0.3, 0.4) is 0 Å². The van der Waals surface area contributed by atoms with Gasteiger partial charge in [0.2, 0.25) is 5.91 Å². The fourth-order valence-corrected chi connectivity index (χ4v) is 1.21. The first-order valence-electron chi connectivity index (χ1n) is 4.81. The van der Waals surface area contributed by atoms with E-state index in [4.69, 9.17) is 0 Å². The van der Waals surface area contributed by atoms with Crippen molar-refractivity contribution in [3.63, 3.8) is 0 Å². The van der Waals surface area contributed by atoms with Crippen molar-refractivity contribution in [2.75, 3.05) is 6.61 Å². The van der Waals surface area contributed by atoms with Gasteiger partial charge in [-0.3, -0.25) is 4.79 Å². The monoisotopic (exact) mass is 315 g/mol. The van der Waals surface area contributed by atoms with E-state index in [-0.39, 0.29) is 134 Å². The zero-order valence-electron chi connectivity index (χ0n) is 10.9. The predicted octanol–water partition coefficient (Wildman–Crippen LogP) is -6.47. The van der Waals surface area contributed by atoms with Gasteiger partial charge >= 0.3 is 103 Å². The van der Waals surface area contributed by atoms with Gasteiger partial charge in [-0.25, -0.2) is 0 Å². The van der Waals surface area contributed by atoms with Crippen molar-refractivity contribution in [2.24, 2.45) is 0 Å². The zero-order chi connectivity index (χ0) is 11.9. The van der Waals surface area contributed by atoms with Gasteiger partial charge in [0, 0.05) is 12.5 Å². The quantitative estimate of drug-likeness (QED) is 0.286. The van der Waals surface area contributed by atoms with E-state index in [2.05, 4.69) is 9.84 Å². The normalized spacial score (nSPS) is 12.0. The van der Waals surface area contributed by atoms with E-state index >= 15 is 0 Å². The Morgan fingerprint density at radius 1 is 1.41 bits per heavy atom. The third-order valence-electron chi connectivity index (χ3n) is 1.82. The second-order valence-electron chi connectivity index (χ2n) is 3.26. The molecule has 0 saturated heterocycles. The van der Waals surface area contributed by atoms with Gasteiger partial charge in [-0.15, -0.1) is 0 Å². The van der Waals surface area contributed by atoms with Crippen LogP contribution in [0.15, 0.2) is 0 Å². The molecule has 0 heterocycles. The van der Waals surface area contributed by atoms with E-state index in [9.17, 15) is 19.1 Å². The molecule has 1 atom stereocenters. The van der Waals surface area contributed by atoms with E-state index < -0.39 is 7.82 Å². The van der Waals surface area contributed by atoms with Crippen molar-refractivity contribution in [1.82, 2.24) is 5.32 Å². The summed E-state index contributed by atoms with van der Waals surface area (Å²) in [6.45, 7) is 3.58. The minimum absolute atomic E-state index is 0. The summed E-state index contributed by atoms with van der Waals surface area (Å²) in [4.78, 5) is 31.2. The Labute approximate surface area is 187 Å². The molecular weight excluding hydrogens is 299 g/mol. The fourth-order valence-electron chi connectivity index (χ4n) is 0.858. The van der Waals surface area contributed by atoms with Gasteiger partial charge in [-0.1, -0.05) is 6.92 Å². The fraction of sp³-hybridized carbons (Fsp3) is 0.875. The van der Waals surface area contributed by atoms with E-state index in [0.29, 0.717) is 0 Å². The summed E-state index contributed by atoms with van der Waals surface area (Å²) in [6.07, 6.45) is 1.21. The summed E-state index contributed by atoms with van der Waals surface area (Å²) in [6, 6.07) is 0.100. The number of hydrogen-bond donors (Lipinski definition) is 1. The van der Waals surface area contributed by atoms with Crippen molar-refractivity contribution in [3.05, 3.63) is 0 Å². The molecule has 0 aromatic heterocycles. The molecule has 0 aliphatic carbocycles. The third kappa shape index (κ3) is 18.9. The molecule has 0 saturated carbocycles. The van der Waals surface area contributed by atoms with Crippen LogP contribution in [-0.4, -0.2) is 18.6 Å². The minimum Gasteiger partial charge on any atom is -0.790 e. The van der Waals surface area contributed by atoms with E-state index in [1.807, 2.05) is 13.8 Å². The first-order valence-corrected chi connectivity index (χ1v) is 6.27. The van der Waals surface area contributed by atoms with Crippen molar-refractivity contribution >= 4 is 13.7 Å². The van der Waals surface area contributed by atoms with Crippen LogP contribution >= 0.6 is 7.82 Å². The van der Waals surface area contributed by atoms with Gasteiger partial charge in [0.15, 0.2) is 0 Å². The molecule has 0 fully saturated rings. The maximum absolute atomic E-state index is 11.1. The van der Waals surface area contributed by atoms with Gasteiger partial charge in [0.05, 0.1) is 14.4 Å². The van der Waals surface area contributed by atoms with Crippen LogP contribution in [0, 0.1) is 0 Å². The first kappa shape index (κ1) is 24.8. The van der Waals surface area contributed by atoms with Gasteiger partial charge in [0.1, 0.15) is 0 Å². The van der Waals surface area contributed by atoms with Gasteiger partial charge in [-0.2, -0.15) is 0 Å². The Bertz CT molecular complexity index is 248. The molecule has 0 radical (unpaired) electrons. The van der Waals surface area contributed by atoms with Crippen LogP contribution in [0.4, 0.5) is 0 Å². The zero-order valence-corrected chi connectivity index (χ0v) is 18.0. The van der Waals surface area contributed by atoms with Gasteiger partial charge < -0.3 is 24.2 Å². The molecule has 90 valence electrons. The molecule has 1 N–H and O–H groups in total. The Morgan fingerprint density at radius 3 is 2.35 bits per heavy atom. The molecule has 0 aromatic carbocycles. The van der Waals surface area contributed by atoms with Crippen LogP contribution in [-0.2, 0) is 13.9 Å². The number of carbonyl (C=O) groups is 1. The Hall–Kier alpha value is 2.85. The number of phosphoric ester groups is 1. The van der Waals surface area contributed by atoms with Gasteiger partial charge in [0.25, 0.3) is 0 Å². The summed E-state index contributed by atoms with van der Waals surface area (Å²) in [5, 5.41) is 2.71. The largest absolute Gasteiger partial charge is 1.00 e. The third-order valence-corrected chi connectivity index (χ3v) is 2.32. The number of nitrogens with one attached hydrogen (secondary N) is 1. The maximum Gasteiger partial charge on any atom is 1.00 e. The SMILES string of the molecule is CCC(C)NC(=O)CCCOP(=O)([O-])[O-].[K+].[K+]. The van der Waals surface area contributed by atoms with E-state index in [1.165, 1.54) is 0 Å². The first-order chi connectivity index (χ1) is 6.85. The number of hydrogen-bond acceptors (Lipinski definition) is 5. The molecule has 1 unspecified atom stereocenters. The smallest absolute Gasteiger partial charge is 0.790 e. The topological polar surface area (TPSA) is 102 Å². The van der Waals surface area contributed by atoms with Crippen molar-refractivity contribution in [3.8, 4) is 0 Å². The Balaban J connectivity index is -0.000000980. The molecule has 0 spiro atoms. The Morgan fingerprint density at radius 2 is 1.94 bits per heavy atom. The molecule has 0 aliphatic heterocycles. The summed E-state index contributed by atoms with van der Waals surface area (Å²) < 4.78 is 14.0. The average Bonchev–Trinajstić information content (AvgIpc) is 2.11. The number of carbonyl (C=O) groups excluding carboxylic acids is 1. The number of phosphoric acid groups is 1. The predicted molar refractivity (Wildman–Crippen MR) is 50.7 cm³/mol. The van der Waals surface area contributed by atoms with Crippen LogP contribution in [0.25, 0.3) is 0 Å². The van der Waals surface area contributed by atoms with E-state index in [1.54, 1.807) is 0 Å². The molecule has 0 aromatic rings. The summed E-state index contributed by atoms with van der Waals surface area (Å²) in [7, 11) is -4.89. The van der Waals surface area contributed by atoms with Crippen molar-refractivity contribution in [2.45, 2.75) is 39.2 Å². The van der Waals surface area contributed by atoms with Crippen molar-refractivity contribution in [1.29, 1.82) is 0 Å². The average molecular weight is 315 g/mol. The molecule has 0 bridgehead atoms. The molecule has 0 rings (SSSR count). The van der Waals surface area contributed by atoms with Crippen LogP contribution < -0.4 is 118 Å². The number of amides is 1. The number of rotatable bonds is 7. The standard InChI is InChI=1S/C8H18NO5P.2K/c1-3-7(2)9-8(10)5-4-6-14-15(11,12)13;;/h7H,3-6H2,1-2H3,(H,9,10)(H2,11,12,13);;/q;2*+1/p-2. The molecular formula is C8H16K2NO5P. The second kappa shape index (κ2) is 13.8. The Kier molecular flexibility index (Phi) is 20.2. The molecule has 9 heteroatoms. The molecule has 6 nitrogen and oxygen atoms in total. The van der Waals surface area contributed by atoms with Crippen LogP contribution in [0.5, 0.6) is 0 Å². The second-order valence-corrected chi connectivity index (χ2v) is 4.41. The minimum atomic E-state index is -4.89. The van der Waals surface area contributed by atoms with E-state index in [0.717, 1.165) is 6.42 Å². The van der Waals surface area contributed by atoms with Crippen LogP contribution in [0.2, 0.25) is 0 Å².